The standard InChI is InChI=1S/C14H13NO5S/c1-21(18,19)11-5-3-10(4-6-11)20-13-8-9(14(16)17)2-7-12(13)15/h2-8H,15H2,1H3,(H,16,17). The van der Waals surface area contributed by atoms with Crippen molar-refractivity contribution in [2.75, 3.05) is 12.0 Å². The number of sulfone groups is 1. The summed E-state index contributed by atoms with van der Waals surface area (Å²) in [5.74, 6) is -0.536. The summed E-state index contributed by atoms with van der Waals surface area (Å²) in [5.41, 5.74) is 6.06. The third-order valence-electron chi connectivity index (χ3n) is 2.74. The molecule has 2 aromatic carbocycles. The number of aromatic carboxylic acids is 1. The number of hydrogen-bond acceptors (Lipinski definition) is 5. The summed E-state index contributed by atoms with van der Waals surface area (Å²) >= 11 is 0. The largest absolute Gasteiger partial charge is 0.478 e. The van der Waals surface area contributed by atoms with Crippen LogP contribution < -0.4 is 10.5 Å². The quantitative estimate of drug-likeness (QED) is 0.838. The van der Waals surface area contributed by atoms with Gasteiger partial charge in [0.25, 0.3) is 0 Å². The molecule has 0 aliphatic rings. The van der Waals surface area contributed by atoms with Gasteiger partial charge in [0, 0.05) is 6.26 Å². The molecule has 110 valence electrons. The van der Waals surface area contributed by atoms with Crippen LogP contribution in [0.1, 0.15) is 10.4 Å². The monoisotopic (exact) mass is 307 g/mol. The van der Waals surface area contributed by atoms with Crippen LogP contribution in [-0.4, -0.2) is 25.7 Å². The van der Waals surface area contributed by atoms with Crippen LogP contribution in [0.2, 0.25) is 0 Å². The highest BCUT2D eigenvalue weighted by Crippen LogP contribution is 2.29. The third kappa shape index (κ3) is 3.51. The van der Waals surface area contributed by atoms with Crippen molar-refractivity contribution in [3.63, 3.8) is 0 Å². The molecule has 0 aromatic heterocycles. The van der Waals surface area contributed by atoms with Crippen LogP contribution in [0, 0.1) is 0 Å². The van der Waals surface area contributed by atoms with Gasteiger partial charge < -0.3 is 15.6 Å². The Kier molecular flexibility index (Phi) is 3.86. The molecule has 7 heteroatoms. The zero-order valence-electron chi connectivity index (χ0n) is 11.1. The second-order valence-corrected chi connectivity index (χ2v) is 6.42. The summed E-state index contributed by atoms with van der Waals surface area (Å²) in [4.78, 5) is 11.1. The Morgan fingerprint density at radius 2 is 1.76 bits per heavy atom. The molecule has 0 heterocycles. The Hall–Kier alpha value is -2.54. The zero-order valence-corrected chi connectivity index (χ0v) is 11.9. The number of rotatable bonds is 4. The maximum atomic E-state index is 11.4. The summed E-state index contributed by atoms with van der Waals surface area (Å²) in [5, 5.41) is 8.93. The Balaban J connectivity index is 2.30. The Bertz CT molecular complexity index is 782. The number of carboxylic acid groups (broad SMARTS) is 1. The van der Waals surface area contributed by atoms with E-state index < -0.39 is 15.8 Å². The number of carboxylic acids is 1. The topological polar surface area (TPSA) is 107 Å². The lowest BCUT2D eigenvalue weighted by molar-refractivity contribution is 0.0696. The molecule has 2 aromatic rings. The molecule has 0 fully saturated rings. The van der Waals surface area contributed by atoms with E-state index in [1.54, 1.807) is 0 Å². The van der Waals surface area contributed by atoms with E-state index in [-0.39, 0.29) is 21.9 Å². The van der Waals surface area contributed by atoms with Gasteiger partial charge in [-0.15, -0.1) is 0 Å². The molecule has 0 radical (unpaired) electrons. The van der Waals surface area contributed by atoms with Crippen molar-refractivity contribution >= 4 is 21.5 Å². The van der Waals surface area contributed by atoms with Crippen molar-refractivity contribution in [3.05, 3.63) is 48.0 Å². The lowest BCUT2D eigenvalue weighted by Crippen LogP contribution is -2.00. The molecule has 0 saturated heterocycles. The molecule has 0 atom stereocenters. The molecule has 0 bridgehead atoms. The molecule has 0 unspecified atom stereocenters. The minimum absolute atomic E-state index is 0.0481. The molecule has 0 spiro atoms. The minimum atomic E-state index is -3.28. The Morgan fingerprint density at radius 3 is 2.29 bits per heavy atom. The minimum Gasteiger partial charge on any atom is -0.478 e. The number of anilines is 1. The Morgan fingerprint density at radius 1 is 1.14 bits per heavy atom. The van der Waals surface area contributed by atoms with E-state index in [0.29, 0.717) is 5.75 Å². The number of benzene rings is 2. The first-order valence-electron chi connectivity index (χ1n) is 5.88. The molecule has 3 N–H and O–H groups in total. The van der Waals surface area contributed by atoms with E-state index in [0.717, 1.165) is 6.26 Å². The van der Waals surface area contributed by atoms with Crippen LogP contribution in [0.5, 0.6) is 11.5 Å². The van der Waals surface area contributed by atoms with Gasteiger partial charge in [-0.1, -0.05) is 0 Å². The van der Waals surface area contributed by atoms with Crippen LogP contribution in [0.4, 0.5) is 5.69 Å². The lowest BCUT2D eigenvalue weighted by atomic mass is 10.2. The number of nitrogen functional groups attached to an aromatic ring is 1. The SMILES string of the molecule is CS(=O)(=O)c1ccc(Oc2cc(C(=O)O)ccc2N)cc1. The van der Waals surface area contributed by atoms with Gasteiger partial charge in [0.1, 0.15) is 5.75 Å². The van der Waals surface area contributed by atoms with Gasteiger partial charge in [-0.25, -0.2) is 13.2 Å². The van der Waals surface area contributed by atoms with Crippen molar-refractivity contribution < 1.29 is 23.1 Å². The highest BCUT2D eigenvalue weighted by molar-refractivity contribution is 7.90. The average Bonchev–Trinajstić information content (AvgIpc) is 2.40. The second-order valence-electron chi connectivity index (χ2n) is 4.40. The van der Waals surface area contributed by atoms with Crippen molar-refractivity contribution in [1.82, 2.24) is 0 Å². The van der Waals surface area contributed by atoms with Crippen LogP contribution in [0.3, 0.4) is 0 Å². The molecular formula is C14H13NO5S. The Labute approximate surface area is 121 Å². The smallest absolute Gasteiger partial charge is 0.335 e. The molecule has 0 aliphatic carbocycles. The van der Waals surface area contributed by atoms with E-state index in [4.69, 9.17) is 15.6 Å². The second kappa shape index (κ2) is 5.45. The number of carbonyl (C=O) groups is 1. The first-order chi connectivity index (χ1) is 9.77. The fourth-order valence-electron chi connectivity index (χ4n) is 1.64. The summed E-state index contributed by atoms with van der Waals surface area (Å²) in [6.07, 6.45) is 1.11. The van der Waals surface area contributed by atoms with Gasteiger partial charge in [0.15, 0.2) is 15.6 Å². The predicted molar refractivity (Wildman–Crippen MR) is 77.4 cm³/mol. The molecule has 21 heavy (non-hydrogen) atoms. The first kappa shape index (κ1) is 14.9. The summed E-state index contributed by atoms with van der Waals surface area (Å²) < 4.78 is 28.2. The number of ether oxygens (including phenoxy) is 1. The van der Waals surface area contributed by atoms with Crippen molar-refractivity contribution in [2.45, 2.75) is 4.90 Å². The molecule has 2 rings (SSSR count). The maximum Gasteiger partial charge on any atom is 0.335 e. The first-order valence-corrected chi connectivity index (χ1v) is 7.77. The van der Waals surface area contributed by atoms with Crippen LogP contribution in [-0.2, 0) is 9.84 Å². The highest BCUT2D eigenvalue weighted by atomic mass is 32.2. The van der Waals surface area contributed by atoms with Gasteiger partial charge in [0.2, 0.25) is 0 Å². The van der Waals surface area contributed by atoms with Crippen LogP contribution in [0.15, 0.2) is 47.4 Å². The van der Waals surface area contributed by atoms with Crippen molar-refractivity contribution in [1.29, 1.82) is 0 Å². The lowest BCUT2D eigenvalue weighted by Gasteiger charge is -2.09. The van der Waals surface area contributed by atoms with Gasteiger partial charge in [-0.05, 0) is 42.5 Å². The van der Waals surface area contributed by atoms with E-state index in [1.165, 1.54) is 42.5 Å². The third-order valence-corrected chi connectivity index (χ3v) is 3.87. The number of nitrogens with two attached hydrogens (primary N) is 1. The van der Waals surface area contributed by atoms with E-state index in [9.17, 15) is 13.2 Å². The maximum absolute atomic E-state index is 11.4. The molecular weight excluding hydrogens is 294 g/mol. The van der Waals surface area contributed by atoms with E-state index in [1.807, 2.05) is 0 Å². The summed E-state index contributed by atoms with van der Waals surface area (Å²) in [6, 6.07) is 9.87. The molecule has 0 saturated carbocycles. The average molecular weight is 307 g/mol. The van der Waals surface area contributed by atoms with Gasteiger partial charge in [-0.2, -0.15) is 0 Å². The van der Waals surface area contributed by atoms with Crippen molar-refractivity contribution in [2.24, 2.45) is 0 Å². The van der Waals surface area contributed by atoms with Crippen LogP contribution in [0.25, 0.3) is 0 Å². The van der Waals surface area contributed by atoms with Gasteiger partial charge >= 0.3 is 5.97 Å². The fraction of sp³-hybridized carbons (Fsp3) is 0.0714. The molecule has 0 amide bonds. The summed E-state index contributed by atoms with van der Waals surface area (Å²) in [6.45, 7) is 0. The zero-order chi connectivity index (χ0) is 15.6. The van der Waals surface area contributed by atoms with Gasteiger partial charge in [-0.3, -0.25) is 0 Å². The predicted octanol–water partition coefficient (Wildman–Crippen LogP) is 2.16. The normalized spacial score (nSPS) is 11.1. The van der Waals surface area contributed by atoms with Crippen molar-refractivity contribution in [3.8, 4) is 11.5 Å². The molecule has 6 nitrogen and oxygen atoms in total. The number of hydrogen-bond donors (Lipinski definition) is 2. The fourth-order valence-corrected chi connectivity index (χ4v) is 2.27. The highest BCUT2D eigenvalue weighted by Gasteiger charge is 2.10. The van der Waals surface area contributed by atoms with E-state index >= 15 is 0 Å². The molecule has 0 aliphatic heterocycles. The van der Waals surface area contributed by atoms with Crippen LogP contribution >= 0.6 is 0 Å². The van der Waals surface area contributed by atoms with Gasteiger partial charge in [0.05, 0.1) is 16.1 Å². The summed E-state index contributed by atoms with van der Waals surface area (Å²) in [7, 11) is -3.28. The van der Waals surface area contributed by atoms with E-state index in [2.05, 4.69) is 0 Å².